The summed E-state index contributed by atoms with van der Waals surface area (Å²) in [6, 6.07) is 5.15. The van der Waals surface area contributed by atoms with Crippen molar-refractivity contribution < 1.29 is 13.9 Å². The quantitative estimate of drug-likeness (QED) is 0.539. The van der Waals surface area contributed by atoms with E-state index in [4.69, 9.17) is 14.5 Å². The number of likely N-dealkylation sites (tertiary alicyclic amines) is 1. The van der Waals surface area contributed by atoms with Crippen molar-refractivity contribution in [1.82, 2.24) is 10.2 Å². The van der Waals surface area contributed by atoms with E-state index in [9.17, 15) is 4.39 Å². The smallest absolute Gasteiger partial charge is 0.194 e. The van der Waals surface area contributed by atoms with Crippen molar-refractivity contribution in [3.8, 4) is 0 Å². The maximum absolute atomic E-state index is 13.7. The van der Waals surface area contributed by atoms with Crippen LogP contribution in [0.5, 0.6) is 0 Å². The first kappa shape index (κ1) is 20.6. The highest BCUT2D eigenvalue weighted by Gasteiger charge is 2.24. The van der Waals surface area contributed by atoms with Gasteiger partial charge in [0.2, 0.25) is 0 Å². The minimum absolute atomic E-state index is 0.253. The number of piperidine rings is 1. The van der Waals surface area contributed by atoms with Crippen LogP contribution in [0.2, 0.25) is 0 Å². The van der Waals surface area contributed by atoms with Crippen LogP contribution in [0.3, 0.4) is 0 Å². The molecule has 3 rings (SSSR count). The zero-order valence-electron chi connectivity index (χ0n) is 15.9. The van der Waals surface area contributed by atoms with Crippen LogP contribution in [0.15, 0.2) is 27.7 Å². The van der Waals surface area contributed by atoms with E-state index in [0.717, 1.165) is 63.4 Å². The summed E-state index contributed by atoms with van der Waals surface area (Å²) in [5.74, 6) is 0.635. The summed E-state index contributed by atoms with van der Waals surface area (Å²) in [5.41, 5.74) is 0.862. The van der Waals surface area contributed by atoms with Crippen LogP contribution in [-0.4, -0.2) is 55.9 Å². The zero-order chi connectivity index (χ0) is 19.1. The molecule has 0 spiro atoms. The summed E-state index contributed by atoms with van der Waals surface area (Å²) >= 11 is 3.19. The fraction of sp³-hybridized carbons (Fsp3) is 0.650. The van der Waals surface area contributed by atoms with Crippen molar-refractivity contribution in [3.63, 3.8) is 0 Å². The molecule has 2 aliphatic rings. The molecule has 2 aliphatic heterocycles. The van der Waals surface area contributed by atoms with Crippen molar-refractivity contribution in [2.75, 3.05) is 32.8 Å². The van der Waals surface area contributed by atoms with E-state index in [2.05, 4.69) is 33.1 Å². The summed E-state index contributed by atoms with van der Waals surface area (Å²) in [4.78, 5) is 6.97. The number of rotatable bonds is 6. The van der Waals surface area contributed by atoms with Crippen LogP contribution < -0.4 is 5.32 Å². The van der Waals surface area contributed by atoms with Gasteiger partial charge in [0.1, 0.15) is 5.82 Å². The van der Waals surface area contributed by atoms with Crippen LogP contribution in [-0.2, 0) is 16.0 Å². The van der Waals surface area contributed by atoms with Gasteiger partial charge in [-0.25, -0.2) is 9.38 Å². The van der Waals surface area contributed by atoms with E-state index in [1.165, 1.54) is 6.07 Å². The molecular formula is C20H29BrFN3O2. The number of guanidine groups is 1. The molecule has 0 amide bonds. The van der Waals surface area contributed by atoms with Crippen LogP contribution in [0.4, 0.5) is 4.39 Å². The van der Waals surface area contributed by atoms with Crippen LogP contribution in [0.25, 0.3) is 0 Å². The second-order valence-corrected chi connectivity index (χ2v) is 7.93. The van der Waals surface area contributed by atoms with Gasteiger partial charge in [0.05, 0.1) is 29.8 Å². The maximum atomic E-state index is 13.7. The molecule has 7 heteroatoms. The predicted molar refractivity (Wildman–Crippen MR) is 108 cm³/mol. The number of halogens is 2. The molecule has 0 radical (unpaired) electrons. The fourth-order valence-corrected chi connectivity index (χ4v) is 3.73. The molecule has 2 heterocycles. The van der Waals surface area contributed by atoms with Gasteiger partial charge in [-0.1, -0.05) is 6.07 Å². The number of ether oxygens (including phenoxy) is 2. The fourth-order valence-electron chi connectivity index (χ4n) is 3.48. The van der Waals surface area contributed by atoms with Crippen LogP contribution >= 0.6 is 15.9 Å². The SMILES string of the molecule is CCNC(=NCc1ccc(Br)c(F)c1)N1CCC(OCC2CCCO2)CC1. The first-order valence-electron chi connectivity index (χ1n) is 9.86. The second kappa shape index (κ2) is 10.4. The van der Waals surface area contributed by atoms with Gasteiger partial charge in [-0.2, -0.15) is 0 Å². The van der Waals surface area contributed by atoms with E-state index in [1.54, 1.807) is 6.07 Å². The minimum atomic E-state index is -0.253. The van der Waals surface area contributed by atoms with Gasteiger partial charge in [-0.3, -0.25) is 0 Å². The topological polar surface area (TPSA) is 46.1 Å². The van der Waals surface area contributed by atoms with E-state index in [1.807, 2.05) is 6.07 Å². The highest BCUT2D eigenvalue weighted by atomic mass is 79.9. The highest BCUT2D eigenvalue weighted by molar-refractivity contribution is 9.10. The van der Waals surface area contributed by atoms with Gasteiger partial charge < -0.3 is 19.7 Å². The number of nitrogens with zero attached hydrogens (tertiary/aromatic N) is 2. The summed E-state index contributed by atoms with van der Waals surface area (Å²) < 4.78 is 25.8. The molecule has 0 saturated carbocycles. The Hall–Kier alpha value is -1.18. The highest BCUT2D eigenvalue weighted by Crippen LogP contribution is 2.19. The average molecular weight is 442 g/mol. The summed E-state index contributed by atoms with van der Waals surface area (Å²) in [6.07, 6.45) is 4.83. The van der Waals surface area contributed by atoms with E-state index in [0.29, 0.717) is 23.7 Å². The Labute approximate surface area is 169 Å². The average Bonchev–Trinajstić information content (AvgIpc) is 3.20. The normalized spacial score (nSPS) is 21.7. The van der Waals surface area contributed by atoms with Crippen molar-refractivity contribution in [1.29, 1.82) is 0 Å². The number of aliphatic imine (C=N–C) groups is 1. The number of benzene rings is 1. The number of nitrogens with one attached hydrogen (secondary N) is 1. The Morgan fingerprint density at radius 3 is 2.85 bits per heavy atom. The van der Waals surface area contributed by atoms with Crippen LogP contribution in [0.1, 0.15) is 38.2 Å². The molecule has 5 nitrogen and oxygen atoms in total. The first-order valence-corrected chi connectivity index (χ1v) is 10.7. The Balaban J connectivity index is 1.50. The lowest BCUT2D eigenvalue weighted by molar-refractivity contribution is -0.0367. The third kappa shape index (κ3) is 6.16. The lowest BCUT2D eigenvalue weighted by Gasteiger charge is -2.34. The van der Waals surface area contributed by atoms with E-state index in [-0.39, 0.29) is 11.9 Å². The summed E-state index contributed by atoms with van der Waals surface area (Å²) in [6.45, 7) is 6.75. The third-order valence-electron chi connectivity index (χ3n) is 5.01. The Bertz CT molecular complexity index is 630. The van der Waals surface area contributed by atoms with Crippen molar-refractivity contribution in [2.45, 2.75) is 51.4 Å². The zero-order valence-corrected chi connectivity index (χ0v) is 17.5. The Kier molecular flexibility index (Phi) is 7.91. The molecule has 2 fully saturated rings. The monoisotopic (exact) mass is 441 g/mol. The van der Waals surface area contributed by atoms with E-state index < -0.39 is 0 Å². The molecule has 1 N–H and O–H groups in total. The van der Waals surface area contributed by atoms with Gasteiger partial charge in [0.15, 0.2) is 5.96 Å². The molecule has 1 aromatic rings. The standard InChI is InChI=1S/C20H29BrFN3O2/c1-2-23-20(24-13-15-5-6-18(21)19(22)12-15)25-9-7-16(8-10-25)27-14-17-4-3-11-26-17/h5-6,12,16-17H,2-4,7-11,13-14H2,1H3,(H,23,24). The molecule has 27 heavy (non-hydrogen) atoms. The van der Waals surface area contributed by atoms with Crippen molar-refractivity contribution in [2.24, 2.45) is 4.99 Å². The van der Waals surface area contributed by atoms with Crippen molar-refractivity contribution >= 4 is 21.9 Å². The molecule has 0 bridgehead atoms. The summed E-state index contributed by atoms with van der Waals surface area (Å²) in [7, 11) is 0. The van der Waals surface area contributed by atoms with Gasteiger partial charge in [0.25, 0.3) is 0 Å². The lowest BCUT2D eigenvalue weighted by Crippen LogP contribution is -2.47. The van der Waals surface area contributed by atoms with E-state index >= 15 is 0 Å². The molecule has 0 aromatic heterocycles. The summed E-state index contributed by atoms with van der Waals surface area (Å²) in [5, 5.41) is 3.35. The van der Waals surface area contributed by atoms with Gasteiger partial charge >= 0.3 is 0 Å². The van der Waals surface area contributed by atoms with Gasteiger partial charge in [-0.15, -0.1) is 0 Å². The Morgan fingerprint density at radius 2 is 2.19 bits per heavy atom. The number of hydrogen-bond donors (Lipinski definition) is 1. The minimum Gasteiger partial charge on any atom is -0.376 e. The Morgan fingerprint density at radius 1 is 1.37 bits per heavy atom. The largest absolute Gasteiger partial charge is 0.376 e. The third-order valence-corrected chi connectivity index (χ3v) is 5.66. The first-order chi connectivity index (χ1) is 13.2. The van der Waals surface area contributed by atoms with Crippen LogP contribution in [0, 0.1) is 5.82 Å². The predicted octanol–water partition coefficient (Wildman–Crippen LogP) is 3.71. The molecule has 2 saturated heterocycles. The second-order valence-electron chi connectivity index (χ2n) is 7.07. The van der Waals surface area contributed by atoms with Gasteiger partial charge in [-0.05, 0) is 66.2 Å². The van der Waals surface area contributed by atoms with Crippen molar-refractivity contribution in [3.05, 3.63) is 34.1 Å². The number of hydrogen-bond acceptors (Lipinski definition) is 3. The molecule has 1 unspecified atom stereocenters. The molecule has 0 aliphatic carbocycles. The lowest BCUT2D eigenvalue weighted by atomic mass is 10.1. The molecule has 1 aromatic carbocycles. The maximum Gasteiger partial charge on any atom is 0.194 e. The molecular weight excluding hydrogens is 413 g/mol. The van der Waals surface area contributed by atoms with Gasteiger partial charge in [0, 0.05) is 26.2 Å². The molecule has 150 valence electrons. The molecule has 1 atom stereocenters.